The average Bonchev–Trinajstić information content (AvgIpc) is 2.27. The van der Waals surface area contributed by atoms with Crippen molar-refractivity contribution in [2.45, 2.75) is 59.8 Å². The summed E-state index contributed by atoms with van der Waals surface area (Å²) in [6.07, 6.45) is 1.63. The third kappa shape index (κ3) is 4.66. The second-order valence-corrected chi connectivity index (χ2v) is 7.65. The van der Waals surface area contributed by atoms with Gasteiger partial charge >= 0.3 is 5.97 Å². The van der Waals surface area contributed by atoms with Crippen LogP contribution >= 0.6 is 0 Å². The van der Waals surface area contributed by atoms with Crippen LogP contribution < -0.4 is 0 Å². The largest absolute Gasteiger partial charge is 0.481 e. The molecule has 0 aliphatic heterocycles. The first-order chi connectivity index (χ1) is 9.02. The summed E-state index contributed by atoms with van der Waals surface area (Å²) >= 11 is 0. The van der Waals surface area contributed by atoms with Gasteiger partial charge in [-0.1, -0.05) is 52.0 Å². The Bertz CT molecular complexity index is 449. The zero-order valence-corrected chi connectivity index (χ0v) is 13.7. The molecule has 0 aliphatic carbocycles. The molecule has 0 aliphatic rings. The van der Waals surface area contributed by atoms with Crippen molar-refractivity contribution < 1.29 is 9.90 Å². The topological polar surface area (TPSA) is 37.3 Å². The van der Waals surface area contributed by atoms with Crippen LogP contribution in [0.1, 0.15) is 59.1 Å². The van der Waals surface area contributed by atoms with Gasteiger partial charge in [-0.25, -0.2) is 0 Å². The lowest BCUT2D eigenvalue weighted by atomic mass is 9.81. The molecule has 0 saturated carbocycles. The van der Waals surface area contributed by atoms with Gasteiger partial charge in [-0.3, -0.25) is 4.79 Å². The first kappa shape index (κ1) is 16.7. The van der Waals surface area contributed by atoms with E-state index in [1.54, 1.807) is 13.8 Å². The van der Waals surface area contributed by atoms with E-state index in [4.69, 9.17) is 0 Å². The Kier molecular flexibility index (Phi) is 5.01. The number of hydrogen-bond acceptors (Lipinski definition) is 1. The van der Waals surface area contributed by atoms with Crippen molar-refractivity contribution in [3.8, 4) is 0 Å². The molecule has 1 N–H and O–H groups in total. The Morgan fingerprint density at radius 2 is 1.60 bits per heavy atom. The first-order valence-corrected chi connectivity index (χ1v) is 7.35. The van der Waals surface area contributed by atoms with Crippen molar-refractivity contribution in [3.63, 3.8) is 0 Å². The van der Waals surface area contributed by atoms with Crippen molar-refractivity contribution in [1.29, 1.82) is 0 Å². The molecule has 2 nitrogen and oxygen atoms in total. The zero-order valence-electron chi connectivity index (χ0n) is 13.7. The molecular weight excluding hydrogens is 248 g/mol. The Labute approximate surface area is 123 Å². The zero-order chi connectivity index (χ0) is 15.6. The van der Waals surface area contributed by atoms with Crippen LogP contribution in [0.25, 0.3) is 0 Å². The highest BCUT2D eigenvalue weighted by atomic mass is 16.4. The van der Waals surface area contributed by atoms with Crippen molar-refractivity contribution >= 4 is 5.97 Å². The van der Waals surface area contributed by atoms with Crippen LogP contribution in [0.15, 0.2) is 24.3 Å². The predicted molar refractivity (Wildman–Crippen MR) is 84.0 cm³/mol. The minimum Gasteiger partial charge on any atom is -0.481 e. The highest BCUT2D eigenvalue weighted by molar-refractivity contribution is 5.73. The molecule has 0 radical (unpaired) electrons. The number of hydrogen-bond donors (Lipinski definition) is 1. The van der Waals surface area contributed by atoms with E-state index >= 15 is 0 Å². The van der Waals surface area contributed by atoms with E-state index in [-0.39, 0.29) is 5.41 Å². The first-order valence-electron chi connectivity index (χ1n) is 7.35. The van der Waals surface area contributed by atoms with Crippen LogP contribution in [-0.2, 0) is 16.6 Å². The lowest BCUT2D eigenvalue weighted by molar-refractivity contribution is -0.147. The van der Waals surface area contributed by atoms with Crippen LogP contribution in [0.2, 0.25) is 0 Å². The Morgan fingerprint density at radius 3 is 2.00 bits per heavy atom. The van der Waals surface area contributed by atoms with E-state index in [0.717, 1.165) is 6.42 Å². The van der Waals surface area contributed by atoms with Gasteiger partial charge in [0.05, 0.1) is 5.41 Å². The van der Waals surface area contributed by atoms with E-state index in [9.17, 15) is 9.90 Å². The Hall–Kier alpha value is -1.31. The van der Waals surface area contributed by atoms with E-state index in [0.29, 0.717) is 12.3 Å². The summed E-state index contributed by atoms with van der Waals surface area (Å²) in [5, 5.41) is 9.18. The summed E-state index contributed by atoms with van der Waals surface area (Å²) in [7, 11) is 0. The second-order valence-electron chi connectivity index (χ2n) is 7.65. The van der Waals surface area contributed by atoms with E-state index in [1.807, 2.05) is 0 Å². The molecule has 1 aromatic carbocycles. The number of carbonyl (C=O) groups is 1. The Morgan fingerprint density at radius 1 is 1.10 bits per heavy atom. The number of benzene rings is 1. The lowest BCUT2D eigenvalue weighted by Gasteiger charge is -2.24. The molecule has 1 rings (SSSR count). The van der Waals surface area contributed by atoms with Crippen LogP contribution in [0.5, 0.6) is 0 Å². The highest BCUT2D eigenvalue weighted by Gasteiger charge is 2.29. The van der Waals surface area contributed by atoms with Crippen molar-refractivity contribution in [2.75, 3.05) is 0 Å². The van der Waals surface area contributed by atoms with E-state index < -0.39 is 11.4 Å². The highest BCUT2D eigenvalue weighted by Crippen LogP contribution is 2.28. The number of rotatable bonds is 5. The molecule has 0 spiro atoms. The molecule has 0 saturated heterocycles. The fourth-order valence-corrected chi connectivity index (χ4v) is 2.57. The van der Waals surface area contributed by atoms with Crippen molar-refractivity contribution in [3.05, 3.63) is 35.4 Å². The van der Waals surface area contributed by atoms with Gasteiger partial charge in [0.1, 0.15) is 0 Å². The molecule has 1 aromatic rings. The SMILES string of the molecule is CC(Cc1ccc(C(C)(C)C)cc1)CC(C)(C)C(=O)O. The average molecular weight is 276 g/mol. The van der Waals surface area contributed by atoms with Gasteiger partial charge in [-0.05, 0) is 49.1 Å². The summed E-state index contributed by atoms with van der Waals surface area (Å²) in [5.74, 6) is -0.353. The van der Waals surface area contributed by atoms with Gasteiger partial charge in [0.15, 0.2) is 0 Å². The van der Waals surface area contributed by atoms with Crippen LogP contribution in [-0.4, -0.2) is 11.1 Å². The predicted octanol–water partition coefficient (Wildman–Crippen LogP) is 4.66. The summed E-state index contributed by atoms with van der Waals surface area (Å²) in [6, 6.07) is 8.71. The molecule has 112 valence electrons. The Balaban J connectivity index is 2.68. The minimum absolute atomic E-state index is 0.176. The number of aliphatic carboxylic acids is 1. The maximum absolute atomic E-state index is 11.2. The standard InChI is InChI=1S/C18H28O2/c1-13(12-18(5,6)16(19)20)11-14-7-9-15(10-8-14)17(2,3)4/h7-10,13H,11-12H2,1-6H3,(H,19,20). The van der Waals surface area contributed by atoms with Gasteiger partial charge in [-0.2, -0.15) is 0 Å². The van der Waals surface area contributed by atoms with Crippen LogP contribution in [0, 0.1) is 11.3 Å². The monoisotopic (exact) mass is 276 g/mol. The summed E-state index contributed by atoms with van der Waals surface area (Å²) < 4.78 is 0. The normalized spacial score (nSPS) is 14.1. The fourth-order valence-electron chi connectivity index (χ4n) is 2.57. The molecule has 20 heavy (non-hydrogen) atoms. The summed E-state index contributed by atoms with van der Waals surface area (Å²) in [5.41, 5.74) is 2.15. The van der Waals surface area contributed by atoms with Gasteiger partial charge in [0, 0.05) is 0 Å². The molecule has 0 heterocycles. The molecular formula is C18H28O2. The molecule has 1 unspecified atom stereocenters. The van der Waals surface area contributed by atoms with Crippen LogP contribution in [0.3, 0.4) is 0 Å². The summed E-state index contributed by atoms with van der Waals surface area (Å²) in [4.78, 5) is 11.2. The number of carboxylic acid groups (broad SMARTS) is 1. The van der Waals surface area contributed by atoms with Crippen LogP contribution in [0.4, 0.5) is 0 Å². The second kappa shape index (κ2) is 5.99. The van der Waals surface area contributed by atoms with E-state index in [1.165, 1.54) is 11.1 Å². The maximum Gasteiger partial charge on any atom is 0.309 e. The van der Waals surface area contributed by atoms with Gasteiger partial charge < -0.3 is 5.11 Å². The molecule has 0 aromatic heterocycles. The third-order valence-electron chi connectivity index (χ3n) is 3.84. The fraction of sp³-hybridized carbons (Fsp3) is 0.611. The quantitative estimate of drug-likeness (QED) is 0.849. The lowest BCUT2D eigenvalue weighted by Crippen LogP contribution is -2.26. The molecule has 0 fully saturated rings. The minimum atomic E-state index is -0.715. The summed E-state index contributed by atoms with van der Waals surface area (Å²) in [6.45, 7) is 12.4. The van der Waals surface area contributed by atoms with E-state index in [2.05, 4.69) is 52.0 Å². The van der Waals surface area contributed by atoms with Gasteiger partial charge in [0.25, 0.3) is 0 Å². The van der Waals surface area contributed by atoms with Crippen molar-refractivity contribution in [1.82, 2.24) is 0 Å². The molecule has 2 heteroatoms. The van der Waals surface area contributed by atoms with Crippen molar-refractivity contribution in [2.24, 2.45) is 11.3 Å². The third-order valence-corrected chi connectivity index (χ3v) is 3.84. The van der Waals surface area contributed by atoms with Gasteiger partial charge in [0.2, 0.25) is 0 Å². The molecule has 0 bridgehead atoms. The molecule has 0 amide bonds. The van der Waals surface area contributed by atoms with Gasteiger partial charge in [-0.15, -0.1) is 0 Å². The molecule has 1 atom stereocenters. The maximum atomic E-state index is 11.2. The smallest absolute Gasteiger partial charge is 0.309 e. The number of carboxylic acids is 1.